The van der Waals surface area contributed by atoms with Crippen molar-refractivity contribution in [2.24, 2.45) is 5.10 Å². The Morgan fingerprint density at radius 2 is 2.04 bits per heavy atom. The first-order valence-corrected chi connectivity index (χ1v) is 7.98. The van der Waals surface area contributed by atoms with Gasteiger partial charge in [-0.25, -0.2) is 5.43 Å². The molecule has 0 saturated heterocycles. The molecule has 0 heterocycles. The van der Waals surface area contributed by atoms with Gasteiger partial charge in [0.1, 0.15) is 5.75 Å². The molecular formula is C16H14BrN3O6. The predicted octanol–water partition coefficient (Wildman–Crippen LogP) is 2.61. The molecule has 0 atom stereocenters. The van der Waals surface area contributed by atoms with Crippen LogP contribution in [-0.4, -0.2) is 33.9 Å². The number of carbonyl (C=O) groups is 1. The summed E-state index contributed by atoms with van der Waals surface area (Å²) in [5.41, 5.74) is 2.62. The highest BCUT2D eigenvalue weighted by Crippen LogP contribution is 2.31. The highest BCUT2D eigenvalue weighted by Gasteiger charge is 2.16. The van der Waals surface area contributed by atoms with E-state index in [0.717, 1.165) is 23.9 Å². The number of hydrogen-bond donors (Lipinski definition) is 3. The number of rotatable bonds is 6. The van der Waals surface area contributed by atoms with E-state index in [1.807, 2.05) is 19.1 Å². The van der Waals surface area contributed by atoms with Crippen LogP contribution in [0.15, 0.2) is 39.9 Å². The lowest BCUT2D eigenvalue weighted by Gasteiger charge is -2.07. The second-order valence-electron chi connectivity index (χ2n) is 5.17. The maximum atomic E-state index is 11.7. The van der Waals surface area contributed by atoms with Crippen molar-refractivity contribution in [1.82, 2.24) is 5.43 Å². The molecule has 0 spiro atoms. The van der Waals surface area contributed by atoms with Crippen molar-refractivity contribution in [3.05, 3.63) is 56.0 Å². The van der Waals surface area contributed by atoms with Crippen molar-refractivity contribution in [3.63, 3.8) is 0 Å². The van der Waals surface area contributed by atoms with Crippen LogP contribution in [-0.2, 0) is 4.79 Å². The van der Waals surface area contributed by atoms with Gasteiger partial charge >= 0.3 is 0 Å². The largest absolute Gasteiger partial charge is 0.504 e. The minimum absolute atomic E-state index is 0.0900. The van der Waals surface area contributed by atoms with Crippen molar-refractivity contribution < 1.29 is 24.7 Å². The smallest absolute Gasteiger partial charge is 0.282 e. The highest BCUT2D eigenvalue weighted by atomic mass is 79.9. The topological polar surface area (TPSA) is 134 Å². The summed E-state index contributed by atoms with van der Waals surface area (Å²) in [5, 5.41) is 33.3. The molecule has 2 aromatic carbocycles. The Hall–Kier alpha value is -3.14. The first-order chi connectivity index (χ1) is 12.3. The number of nitrogens with zero attached hydrogens (tertiary/aromatic N) is 2. The Kier molecular flexibility index (Phi) is 6.12. The summed E-state index contributed by atoms with van der Waals surface area (Å²) in [7, 11) is 0. The zero-order chi connectivity index (χ0) is 19.3. The maximum Gasteiger partial charge on any atom is 0.282 e. The van der Waals surface area contributed by atoms with Crippen LogP contribution in [0, 0.1) is 17.0 Å². The van der Waals surface area contributed by atoms with Gasteiger partial charge in [0.05, 0.1) is 27.2 Å². The number of aromatic hydroxyl groups is 2. The number of nitro benzene ring substituents is 1. The molecule has 0 saturated carbocycles. The lowest BCUT2D eigenvalue weighted by Crippen LogP contribution is -2.24. The van der Waals surface area contributed by atoms with E-state index < -0.39 is 28.0 Å². The molecule has 2 rings (SSSR count). The molecule has 9 nitrogen and oxygen atoms in total. The van der Waals surface area contributed by atoms with Crippen LogP contribution in [0.5, 0.6) is 17.2 Å². The summed E-state index contributed by atoms with van der Waals surface area (Å²) in [6, 6.07) is 7.12. The van der Waals surface area contributed by atoms with E-state index in [9.17, 15) is 25.1 Å². The van der Waals surface area contributed by atoms with E-state index in [4.69, 9.17) is 4.74 Å². The van der Waals surface area contributed by atoms with Gasteiger partial charge in [0.2, 0.25) is 0 Å². The third-order valence-electron chi connectivity index (χ3n) is 3.16. The number of amides is 1. The first kappa shape index (κ1) is 19.2. The molecule has 0 unspecified atom stereocenters. The molecule has 0 bridgehead atoms. The average molecular weight is 424 g/mol. The van der Waals surface area contributed by atoms with E-state index in [1.54, 1.807) is 6.07 Å². The fourth-order valence-electron chi connectivity index (χ4n) is 1.92. The number of benzene rings is 2. The van der Waals surface area contributed by atoms with Gasteiger partial charge < -0.3 is 14.9 Å². The van der Waals surface area contributed by atoms with Crippen LogP contribution in [0.25, 0.3) is 0 Å². The van der Waals surface area contributed by atoms with Gasteiger partial charge in [0, 0.05) is 0 Å². The van der Waals surface area contributed by atoms with Crippen LogP contribution in [0.1, 0.15) is 11.1 Å². The monoisotopic (exact) mass is 423 g/mol. The Morgan fingerprint density at radius 3 is 2.69 bits per heavy atom. The Balaban J connectivity index is 1.99. The van der Waals surface area contributed by atoms with Crippen molar-refractivity contribution in [3.8, 4) is 17.2 Å². The van der Waals surface area contributed by atoms with Gasteiger partial charge in [-0.1, -0.05) is 6.07 Å². The summed E-state index contributed by atoms with van der Waals surface area (Å²) in [5.74, 6) is -1.28. The van der Waals surface area contributed by atoms with Crippen molar-refractivity contribution >= 4 is 33.7 Å². The van der Waals surface area contributed by atoms with E-state index in [2.05, 4.69) is 26.5 Å². The number of hydrazone groups is 1. The number of phenolic OH excluding ortho intramolecular Hbond substituents is 2. The van der Waals surface area contributed by atoms with E-state index in [1.165, 1.54) is 0 Å². The van der Waals surface area contributed by atoms with Crippen LogP contribution in [0.4, 0.5) is 5.69 Å². The number of phenols is 2. The lowest BCUT2D eigenvalue weighted by atomic mass is 10.1. The molecule has 2 aromatic rings. The molecule has 3 N–H and O–H groups in total. The Morgan fingerprint density at radius 1 is 1.35 bits per heavy atom. The second kappa shape index (κ2) is 8.30. The van der Waals surface area contributed by atoms with Crippen molar-refractivity contribution in [1.29, 1.82) is 0 Å². The highest BCUT2D eigenvalue weighted by molar-refractivity contribution is 9.10. The van der Waals surface area contributed by atoms with Gasteiger partial charge in [-0.2, -0.15) is 5.10 Å². The molecule has 0 aliphatic rings. The molecule has 0 aliphatic carbocycles. The summed E-state index contributed by atoms with van der Waals surface area (Å²) in [4.78, 5) is 21.9. The standard InChI is InChI=1S/C16H14BrN3O6/c1-9-2-3-15(11(17)4-9)26-8-16(23)19-18-7-10-5-13(21)14(22)6-12(10)20(24)25/h2-7,21-22H,8H2,1H3,(H,19,23)/b18-7-. The normalized spacial score (nSPS) is 10.7. The van der Waals surface area contributed by atoms with E-state index in [0.29, 0.717) is 10.2 Å². The first-order valence-electron chi connectivity index (χ1n) is 7.19. The van der Waals surface area contributed by atoms with E-state index in [-0.39, 0.29) is 12.2 Å². The van der Waals surface area contributed by atoms with Gasteiger partial charge in [0.25, 0.3) is 11.6 Å². The van der Waals surface area contributed by atoms with Crippen LogP contribution in [0.2, 0.25) is 0 Å². The molecule has 0 aliphatic heterocycles. The Bertz CT molecular complexity index is 885. The molecule has 1 amide bonds. The molecule has 0 radical (unpaired) electrons. The van der Waals surface area contributed by atoms with E-state index >= 15 is 0 Å². The van der Waals surface area contributed by atoms with Crippen molar-refractivity contribution in [2.75, 3.05) is 6.61 Å². The summed E-state index contributed by atoms with van der Waals surface area (Å²) in [6.45, 7) is 1.60. The number of nitro groups is 1. The molecule has 0 aromatic heterocycles. The fourth-order valence-corrected chi connectivity index (χ4v) is 2.52. The van der Waals surface area contributed by atoms with Crippen molar-refractivity contribution in [2.45, 2.75) is 6.92 Å². The molecular weight excluding hydrogens is 410 g/mol. The number of aryl methyl sites for hydroxylation is 1. The van der Waals surface area contributed by atoms with Crippen LogP contribution in [0.3, 0.4) is 0 Å². The predicted molar refractivity (Wildman–Crippen MR) is 96.5 cm³/mol. The second-order valence-corrected chi connectivity index (χ2v) is 6.03. The zero-order valence-electron chi connectivity index (χ0n) is 13.5. The summed E-state index contributed by atoms with van der Waals surface area (Å²) in [6.07, 6.45) is 0.983. The van der Waals surface area contributed by atoms with Crippen LogP contribution < -0.4 is 10.2 Å². The number of halogens is 1. The summed E-state index contributed by atoms with van der Waals surface area (Å²) >= 11 is 3.32. The molecule has 26 heavy (non-hydrogen) atoms. The number of carbonyl (C=O) groups excluding carboxylic acids is 1. The van der Waals surface area contributed by atoms with Gasteiger partial charge in [-0.15, -0.1) is 0 Å². The maximum absolute atomic E-state index is 11.7. The third-order valence-corrected chi connectivity index (χ3v) is 3.78. The Labute approximate surface area is 156 Å². The van der Waals surface area contributed by atoms with Gasteiger partial charge in [0.15, 0.2) is 18.1 Å². The third kappa shape index (κ3) is 4.93. The van der Waals surface area contributed by atoms with Gasteiger partial charge in [-0.05, 0) is 46.6 Å². The number of ether oxygens (including phenoxy) is 1. The summed E-state index contributed by atoms with van der Waals surface area (Å²) < 4.78 is 6.04. The van der Waals surface area contributed by atoms with Gasteiger partial charge in [-0.3, -0.25) is 14.9 Å². The molecule has 136 valence electrons. The molecule has 10 heteroatoms. The number of hydrogen-bond acceptors (Lipinski definition) is 7. The minimum atomic E-state index is -0.750. The number of nitrogens with one attached hydrogen (secondary N) is 1. The minimum Gasteiger partial charge on any atom is -0.504 e. The quantitative estimate of drug-likeness (QED) is 0.283. The lowest BCUT2D eigenvalue weighted by molar-refractivity contribution is -0.385. The SMILES string of the molecule is Cc1ccc(OCC(=O)N/N=C\c2cc(O)c(O)cc2[N+](=O)[O-])c(Br)c1. The molecule has 0 fully saturated rings. The average Bonchev–Trinajstić information content (AvgIpc) is 2.56. The zero-order valence-corrected chi connectivity index (χ0v) is 15.1. The fraction of sp³-hybridized carbons (Fsp3) is 0.125. The van der Waals surface area contributed by atoms with Crippen LogP contribution >= 0.6 is 15.9 Å².